The molecule has 0 bridgehead atoms. The van der Waals surface area contributed by atoms with E-state index in [4.69, 9.17) is 4.42 Å². The molecular weight excluding hydrogens is 266 g/mol. The van der Waals surface area contributed by atoms with E-state index >= 15 is 0 Å². The molecule has 4 nitrogen and oxygen atoms in total. The average molecular weight is 279 g/mol. The summed E-state index contributed by atoms with van der Waals surface area (Å²) in [6.07, 6.45) is 0. The van der Waals surface area contributed by atoms with Crippen LogP contribution in [0, 0.1) is 0 Å². The standard InChI is InChI=1S/C12H13N3OS2/c1-7(2)13-6-11-14-15-12(16-11)10-5-9-8(18-10)3-4-17-9/h3-5,7,13H,6H2,1-2H3. The van der Waals surface area contributed by atoms with E-state index in [0.717, 1.165) is 4.88 Å². The van der Waals surface area contributed by atoms with Crippen LogP contribution in [0.15, 0.2) is 21.9 Å². The van der Waals surface area contributed by atoms with Gasteiger partial charge < -0.3 is 9.73 Å². The van der Waals surface area contributed by atoms with Gasteiger partial charge in [0, 0.05) is 15.4 Å². The van der Waals surface area contributed by atoms with Crippen molar-refractivity contribution in [3.8, 4) is 10.8 Å². The molecule has 0 radical (unpaired) electrons. The van der Waals surface area contributed by atoms with Crippen molar-refractivity contribution >= 4 is 32.1 Å². The van der Waals surface area contributed by atoms with Crippen molar-refractivity contribution in [2.75, 3.05) is 0 Å². The molecule has 0 unspecified atom stereocenters. The van der Waals surface area contributed by atoms with Crippen LogP contribution in [0.5, 0.6) is 0 Å². The van der Waals surface area contributed by atoms with Crippen LogP contribution in [0.2, 0.25) is 0 Å². The van der Waals surface area contributed by atoms with Crippen LogP contribution in [-0.2, 0) is 6.54 Å². The van der Waals surface area contributed by atoms with Crippen molar-refractivity contribution in [1.29, 1.82) is 0 Å². The molecule has 3 rings (SSSR count). The lowest BCUT2D eigenvalue weighted by Gasteiger charge is -2.03. The van der Waals surface area contributed by atoms with Gasteiger partial charge in [0.2, 0.25) is 5.89 Å². The Balaban J connectivity index is 1.82. The number of fused-ring (bicyclic) bond motifs is 1. The van der Waals surface area contributed by atoms with Gasteiger partial charge in [-0.25, -0.2) is 0 Å². The van der Waals surface area contributed by atoms with Gasteiger partial charge in [-0.15, -0.1) is 32.9 Å². The van der Waals surface area contributed by atoms with Gasteiger partial charge in [0.05, 0.1) is 11.4 Å². The highest BCUT2D eigenvalue weighted by Crippen LogP contribution is 2.35. The van der Waals surface area contributed by atoms with Crippen molar-refractivity contribution in [3.63, 3.8) is 0 Å². The van der Waals surface area contributed by atoms with Crippen LogP contribution in [0.1, 0.15) is 19.7 Å². The Morgan fingerprint density at radius 3 is 3.00 bits per heavy atom. The number of hydrogen-bond acceptors (Lipinski definition) is 6. The SMILES string of the molecule is CC(C)NCc1nnc(-c2cc3sccc3s2)o1. The topological polar surface area (TPSA) is 51.0 Å². The Bertz CT molecular complexity index is 624. The van der Waals surface area contributed by atoms with E-state index in [0.29, 0.717) is 24.4 Å². The fraction of sp³-hybridized carbons (Fsp3) is 0.333. The lowest BCUT2D eigenvalue weighted by molar-refractivity contribution is 0.459. The van der Waals surface area contributed by atoms with Gasteiger partial charge in [0.1, 0.15) is 0 Å². The first-order valence-electron chi connectivity index (χ1n) is 5.75. The Morgan fingerprint density at radius 1 is 1.33 bits per heavy atom. The molecule has 0 spiro atoms. The molecule has 1 N–H and O–H groups in total. The summed E-state index contributed by atoms with van der Waals surface area (Å²) in [7, 11) is 0. The highest BCUT2D eigenvalue weighted by atomic mass is 32.1. The molecule has 0 aliphatic heterocycles. The van der Waals surface area contributed by atoms with Crippen LogP contribution in [0.25, 0.3) is 20.2 Å². The summed E-state index contributed by atoms with van der Waals surface area (Å²) in [6, 6.07) is 4.64. The molecule has 0 fully saturated rings. The second-order valence-corrected chi connectivity index (χ2v) is 6.33. The molecule has 3 aromatic heterocycles. The molecule has 18 heavy (non-hydrogen) atoms. The third kappa shape index (κ3) is 2.31. The van der Waals surface area contributed by atoms with E-state index in [9.17, 15) is 0 Å². The third-order valence-electron chi connectivity index (χ3n) is 2.48. The first-order chi connectivity index (χ1) is 8.72. The summed E-state index contributed by atoms with van der Waals surface area (Å²) in [4.78, 5) is 1.04. The number of hydrogen-bond donors (Lipinski definition) is 1. The van der Waals surface area contributed by atoms with Gasteiger partial charge in [-0.05, 0) is 17.5 Å². The van der Waals surface area contributed by atoms with Crippen molar-refractivity contribution in [2.45, 2.75) is 26.4 Å². The molecule has 0 amide bonds. The molecular formula is C12H13N3OS2. The van der Waals surface area contributed by atoms with E-state index in [1.54, 1.807) is 22.7 Å². The van der Waals surface area contributed by atoms with Crippen LogP contribution < -0.4 is 5.32 Å². The van der Waals surface area contributed by atoms with Crippen LogP contribution >= 0.6 is 22.7 Å². The lowest BCUT2D eigenvalue weighted by atomic mass is 10.4. The van der Waals surface area contributed by atoms with Crippen molar-refractivity contribution in [3.05, 3.63) is 23.4 Å². The highest BCUT2D eigenvalue weighted by Gasteiger charge is 2.12. The minimum absolute atomic E-state index is 0.410. The summed E-state index contributed by atoms with van der Waals surface area (Å²) in [5.41, 5.74) is 0. The molecule has 94 valence electrons. The Kier molecular flexibility index (Phi) is 3.15. The maximum atomic E-state index is 5.65. The summed E-state index contributed by atoms with van der Waals surface area (Å²) < 4.78 is 8.20. The Labute approximate surface area is 113 Å². The largest absolute Gasteiger partial charge is 0.419 e. The number of nitrogens with zero attached hydrogens (tertiary/aromatic N) is 2. The zero-order valence-electron chi connectivity index (χ0n) is 10.1. The second-order valence-electron chi connectivity index (χ2n) is 4.30. The predicted molar refractivity (Wildman–Crippen MR) is 75.0 cm³/mol. The molecule has 0 saturated heterocycles. The van der Waals surface area contributed by atoms with Crippen LogP contribution in [0.3, 0.4) is 0 Å². The minimum Gasteiger partial charge on any atom is -0.419 e. The third-order valence-corrected chi connectivity index (χ3v) is 4.56. The van der Waals surface area contributed by atoms with Gasteiger partial charge >= 0.3 is 0 Å². The van der Waals surface area contributed by atoms with Gasteiger partial charge in [-0.3, -0.25) is 0 Å². The molecule has 6 heteroatoms. The van der Waals surface area contributed by atoms with E-state index in [1.807, 2.05) is 0 Å². The number of thiophene rings is 2. The second kappa shape index (κ2) is 4.79. The molecule has 3 aromatic rings. The molecule has 0 saturated carbocycles. The monoisotopic (exact) mass is 279 g/mol. The van der Waals surface area contributed by atoms with Crippen LogP contribution in [-0.4, -0.2) is 16.2 Å². The smallest absolute Gasteiger partial charge is 0.257 e. The first-order valence-corrected chi connectivity index (χ1v) is 7.45. The Morgan fingerprint density at radius 2 is 2.22 bits per heavy atom. The number of aromatic nitrogens is 2. The number of rotatable bonds is 4. The zero-order chi connectivity index (χ0) is 12.5. The molecule has 0 aliphatic rings. The number of nitrogens with one attached hydrogen (secondary N) is 1. The van der Waals surface area contributed by atoms with E-state index < -0.39 is 0 Å². The fourth-order valence-corrected chi connectivity index (χ4v) is 3.62. The Hall–Kier alpha value is -1.24. The highest BCUT2D eigenvalue weighted by molar-refractivity contribution is 7.28. The lowest BCUT2D eigenvalue weighted by Crippen LogP contribution is -2.21. The maximum Gasteiger partial charge on any atom is 0.257 e. The summed E-state index contributed by atoms with van der Waals surface area (Å²) in [5.74, 6) is 1.25. The van der Waals surface area contributed by atoms with E-state index in [-0.39, 0.29) is 0 Å². The normalized spacial score (nSPS) is 11.7. The first kappa shape index (κ1) is 11.8. The summed E-state index contributed by atoms with van der Waals surface area (Å²) in [5, 5.41) is 13.5. The van der Waals surface area contributed by atoms with Crippen molar-refractivity contribution in [1.82, 2.24) is 15.5 Å². The molecule has 0 aromatic carbocycles. The van der Waals surface area contributed by atoms with Crippen molar-refractivity contribution < 1.29 is 4.42 Å². The quantitative estimate of drug-likeness (QED) is 0.794. The molecule has 3 heterocycles. The average Bonchev–Trinajstić information content (AvgIpc) is 3.00. The van der Waals surface area contributed by atoms with E-state index in [1.165, 1.54) is 9.40 Å². The van der Waals surface area contributed by atoms with Gasteiger partial charge in [0.25, 0.3) is 5.89 Å². The summed E-state index contributed by atoms with van der Waals surface area (Å²) >= 11 is 3.42. The van der Waals surface area contributed by atoms with Gasteiger partial charge in [0.15, 0.2) is 0 Å². The maximum absolute atomic E-state index is 5.65. The fourth-order valence-electron chi connectivity index (χ4n) is 1.59. The molecule has 0 atom stereocenters. The predicted octanol–water partition coefficient (Wildman–Crippen LogP) is 3.51. The zero-order valence-corrected chi connectivity index (χ0v) is 11.8. The van der Waals surface area contributed by atoms with Crippen molar-refractivity contribution in [2.24, 2.45) is 0 Å². The summed E-state index contributed by atoms with van der Waals surface area (Å²) in [6.45, 7) is 4.79. The van der Waals surface area contributed by atoms with Gasteiger partial charge in [-0.2, -0.15) is 0 Å². The van der Waals surface area contributed by atoms with E-state index in [2.05, 4.69) is 46.9 Å². The van der Waals surface area contributed by atoms with Crippen LogP contribution in [0.4, 0.5) is 0 Å². The van der Waals surface area contributed by atoms with Gasteiger partial charge in [-0.1, -0.05) is 13.8 Å². The molecule has 0 aliphatic carbocycles. The minimum atomic E-state index is 0.410.